The van der Waals surface area contributed by atoms with Gasteiger partial charge in [0.05, 0.1) is 6.61 Å². The number of ether oxygens (including phenoxy) is 2. The first-order valence-electron chi connectivity index (χ1n) is 35.6. The Hall–Kier alpha value is -6.30. The lowest BCUT2D eigenvalue weighted by Crippen LogP contribution is -2.28. The lowest BCUT2D eigenvalue weighted by molar-refractivity contribution is -0.161. The highest BCUT2D eigenvalue weighted by atomic mass is 16.6. The van der Waals surface area contributed by atoms with Crippen LogP contribution in [0.15, 0.2) is 243 Å². The molecule has 1 N–H and O–H groups in total. The highest BCUT2D eigenvalue weighted by Gasteiger charge is 2.16. The fourth-order valence-corrected chi connectivity index (χ4v) is 8.91. The standard InChI is InChI=1S/C85H128O5/c1-3-5-7-9-11-13-15-17-19-21-23-25-27-29-31-33-35-37-39-41-42-44-46-48-50-52-54-56-58-60-62-64-66-68-70-72-74-76-78-80-85(88)90-83(81-86)82-89-84(87)79-77-75-73-71-69-67-65-63-61-59-57-55-53-51-49-47-45-43-40-38-36-34-32-30-28-26-24-22-20-18-16-14-12-10-8-6-4-2/h5-8,11-14,17-20,23-26,29-32,35-38,41-43,45-46,48-49,51-52,54,58,60,64,66,70,72,83,86H,3-4,9-10,15-16,21-22,27-28,33-34,39-40,44,47,50,53,55-57,59,61-63,65,67-69,71,73-82H2,1-2H3/b7-5-,8-6-,13-11-,14-12-,19-17-,20-18-,25-23-,26-24-,31-29-,32-30-,37-35-,38-36-,42-41-,45-43-,48-46-,51-49-,54-52-,60-58-,66-64-,72-70-. The molecule has 0 saturated carbocycles. The second-order valence-corrected chi connectivity index (χ2v) is 22.5. The van der Waals surface area contributed by atoms with E-state index in [1.807, 2.05) is 0 Å². The van der Waals surface area contributed by atoms with Gasteiger partial charge in [-0.1, -0.05) is 321 Å². The van der Waals surface area contributed by atoms with Crippen LogP contribution >= 0.6 is 0 Å². The van der Waals surface area contributed by atoms with Gasteiger partial charge in [-0.2, -0.15) is 0 Å². The van der Waals surface area contributed by atoms with Gasteiger partial charge in [0.2, 0.25) is 0 Å². The summed E-state index contributed by atoms with van der Waals surface area (Å²) in [6, 6.07) is 0. The smallest absolute Gasteiger partial charge is 0.306 e. The number of rotatable bonds is 62. The van der Waals surface area contributed by atoms with Crippen LogP contribution in [0.5, 0.6) is 0 Å². The molecule has 0 rings (SSSR count). The van der Waals surface area contributed by atoms with Gasteiger partial charge in [-0.05, 0) is 167 Å². The summed E-state index contributed by atoms with van der Waals surface area (Å²) in [5.74, 6) is -0.660. The van der Waals surface area contributed by atoms with Crippen LogP contribution < -0.4 is 0 Å². The number of esters is 2. The predicted octanol–water partition coefficient (Wildman–Crippen LogP) is 25.4. The van der Waals surface area contributed by atoms with Crippen molar-refractivity contribution in [2.45, 2.75) is 264 Å². The first kappa shape index (κ1) is 83.7. The maximum atomic E-state index is 12.4. The molecular formula is C85H128O5. The lowest BCUT2D eigenvalue weighted by Gasteiger charge is -2.15. The Morgan fingerprint density at radius 3 is 0.689 bits per heavy atom. The van der Waals surface area contributed by atoms with E-state index in [1.165, 1.54) is 64.2 Å². The topological polar surface area (TPSA) is 72.8 Å². The molecule has 0 amide bonds. The quantitative estimate of drug-likeness (QED) is 0.0373. The average molecular weight is 1230 g/mol. The Bertz CT molecular complexity index is 2230. The Morgan fingerprint density at radius 1 is 0.256 bits per heavy atom. The number of unbranched alkanes of at least 4 members (excludes halogenated alkanes) is 14. The molecule has 1 atom stereocenters. The molecule has 0 spiro atoms. The van der Waals surface area contributed by atoms with Gasteiger partial charge in [0.25, 0.3) is 0 Å². The molecule has 0 aromatic carbocycles. The van der Waals surface area contributed by atoms with Gasteiger partial charge in [-0.15, -0.1) is 0 Å². The van der Waals surface area contributed by atoms with Crippen LogP contribution in [0.3, 0.4) is 0 Å². The van der Waals surface area contributed by atoms with Crippen molar-refractivity contribution in [3.63, 3.8) is 0 Å². The van der Waals surface area contributed by atoms with Gasteiger partial charge in [0.1, 0.15) is 6.61 Å². The van der Waals surface area contributed by atoms with Crippen molar-refractivity contribution in [3.8, 4) is 0 Å². The fraction of sp³-hybridized carbons (Fsp3) is 0.506. The maximum Gasteiger partial charge on any atom is 0.306 e. The van der Waals surface area contributed by atoms with Crippen molar-refractivity contribution in [1.29, 1.82) is 0 Å². The van der Waals surface area contributed by atoms with Crippen molar-refractivity contribution in [3.05, 3.63) is 243 Å². The Kier molecular flexibility index (Phi) is 71.6. The molecule has 0 aliphatic rings. The molecule has 0 saturated heterocycles. The van der Waals surface area contributed by atoms with Gasteiger partial charge < -0.3 is 14.6 Å². The van der Waals surface area contributed by atoms with Crippen LogP contribution in [0.1, 0.15) is 258 Å². The number of aliphatic hydroxyl groups excluding tert-OH is 1. The van der Waals surface area contributed by atoms with E-state index in [2.05, 4.69) is 257 Å². The Balaban J connectivity index is 3.67. The van der Waals surface area contributed by atoms with Crippen molar-refractivity contribution in [1.82, 2.24) is 0 Å². The third-order valence-corrected chi connectivity index (χ3v) is 14.1. The van der Waals surface area contributed by atoms with E-state index in [4.69, 9.17) is 9.47 Å². The van der Waals surface area contributed by atoms with Gasteiger partial charge in [-0.25, -0.2) is 0 Å². The van der Waals surface area contributed by atoms with Crippen LogP contribution in [0, 0.1) is 0 Å². The van der Waals surface area contributed by atoms with Crippen LogP contribution in [0.2, 0.25) is 0 Å². The molecule has 0 aromatic heterocycles. The van der Waals surface area contributed by atoms with Crippen molar-refractivity contribution >= 4 is 11.9 Å². The highest BCUT2D eigenvalue weighted by Crippen LogP contribution is 2.14. The molecule has 0 aliphatic carbocycles. The fourth-order valence-electron chi connectivity index (χ4n) is 8.91. The second kappa shape index (κ2) is 76.9. The third-order valence-electron chi connectivity index (χ3n) is 14.1. The number of carbonyl (C=O) groups is 2. The normalized spacial score (nSPS) is 13.8. The van der Waals surface area contributed by atoms with Crippen molar-refractivity contribution < 1.29 is 24.2 Å². The molecule has 0 heterocycles. The first-order valence-corrected chi connectivity index (χ1v) is 35.6. The Morgan fingerprint density at radius 2 is 0.444 bits per heavy atom. The zero-order chi connectivity index (χ0) is 64.7. The number of carbonyl (C=O) groups excluding carboxylic acids is 2. The van der Waals surface area contributed by atoms with Gasteiger partial charge in [0, 0.05) is 12.8 Å². The van der Waals surface area contributed by atoms with Gasteiger partial charge in [0.15, 0.2) is 6.10 Å². The maximum absolute atomic E-state index is 12.4. The first-order chi connectivity index (χ1) is 44.6. The molecule has 0 aromatic rings. The molecule has 1 unspecified atom stereocenters. The zero-order valence-corrected chi connectivity index (χ0v) is 57.0. The molecule has 5 nitrogen and oxygen atoms in total. The highest BCUT2D eigenvalue weighted by molar-refractivity contribution is 5.70. The van der Waals surface area contributed by atoms with Gasteiger partial charge in [-0.3, -0.25) is 9.59 Å². The van der Waals surface area contributed by atoms with Crippen molar-refractivity contribution in [2.24, 2.45) is 0 Å². The minimum atomic E-state index is -0.817. The monoisotopic (exact) mass is 1230 g/mol. The van der Waals surface area contributed by atoms with Crippen LogP contribution in [0.25, 0.3) is 0 Å². The summed E-state index contributed by atoms with van der Waals surface area (Å²) in [5.41, 5.74) is 0. The summed E-state index contributed by atoms with van der Waals surface area (Å²) >= 11 is 0. The number of allylic oxidation sites excluding steroid dienone is 40. The largest absolute Gasteiger partial charge is 0.462 e. The third kappa shape index (κ3) is 74.2. The molecule has 0 aliphatic heterocycles. The Labute approximate surface area is 553 Å². The van der Waals surface area contributed by atoms with Crippen molar-refractivity contribution in [2.75, 3.05) is 13.2 Å². The van der Waals surface area contributed by atoms with E-state index in [1.54, 1.807) is 0 Å². The van der Waals surface area contributed by atoms with E-state index in [0.717, 1.165) is 161 Å². The number of aliphatic hydroxyl groups is 1. The molecule has 0 radical (unpaired) electrons. The predicted molar refractivity (Wildman–Crippen MR) is 398 cm³/mol. The lowest BCUT2D eigenvalue weighted by atomic mass is 10.0. The molecule has 90 heavy (non-hydrogen) atoms. The second-order valence-electron chi connectivity index (χ2n) is 22.5. The number of hydrogen-bond acceptors (Lipinski definition) is 5. The van der Waals surface area contributed by atoms with E-state index in [0.29, 0.717) is 12.8 Å². The van der Waals surface area contributed by atoms with E-state index in [-0.39, 0.29) is 31.6 Å². The summed E-state index contributed by atoms with van der Waals surface area (Å²) in [6.45, 7) is 3.86. The molecule has 498 valence electrons. The summed E-state index contributed by atoms with van der Waals surface area (Å²) < 4.78 is 10.7. The van der Waals surface area contributed by atoms with E-state index < -0.39 is 6.10 Å². The zero-order valence-electron chi connectivity index (χ0n) is 57.0. The van der Waals surface area contributed by atoms with E-state index in [9.17, 15) is 14.7 Å². The van der Waals surface area contributed by atoms with Crippen LogP contribution in [-0.4, -0.2) is 36.4 Å². The van der Waals surface area contributed by atoms with Crippen LogP contribution in [-0.2, 0) is 19.1 Å². The van der Waals surface area contributed by atoms with Gasteiger partial charge >= 0.3 is 11.9 Å². The molecule has 0 bridgehead atoms. The molecule has 5 heteroatoms. The summed E-state index contributed by atoms with van der Waals surface area (Å²) in [4.78, 5) is 24.6. The molecule has 0 fully saturated rings. The summed E-state index contributed by atoms with van der Waals surface area (Å²) in [5, 5.41) is 9.70. The summed E-state index contributed by atoms with van der Waals surface area (Å²) in [7, 11) is 0. The SMILES string of the molecule is CC/C=C\C/C=C\C/C=C\C/C=C\C/C=C\C/C=C\C/C=C\C/C=C\C/C=C\C/C=C\C/C=C\C/C=C\CCCCC(=O)OC(CO)COC(=O)CCCCCCCCCCCCCC/C=C\C/C=C\C/C=C\C/C=C\C/C=C\C/C=C\C/C=C\C/C=C\CC. The minimum Gasteiger partial charge on any atom is -0.462 e. The minimum absolute atomic E-state index is 0.100. The average Bonchev–Trinajstić information content (AvgIpc) is 3.59. The summed E-state index contributed by atoms with van der Waals surface area (Å²) in [6.07, 6.45) is 127. The van der Waals surface area contributed by atoms with Crippen LogP contribution in [0.4, 0.5) is 0 Å². The number of hydrogen-bond donors (Lipinski definition) is 1. The molecular weight excluding hydrogens is 1100 g/mol. The van der Waals surface area contributed by atoms with E-state index >= 15 is 0 Å².